The number of nitrogens with zero attached hydrogens (tertiary/aromatic N) is 7. The number of likely N-dealkylation sites (N-methyl/N-ethyl adjacent to an activating group) is 1. The van der Waals surface area contributed by atoms with Gasteiger partial charge in [-0.25, -0.2) is 4.98 Å². The molecule has 2 aromatic carbocycles. The van der Waals surface area contributed by atoms with Crippen LogP contribution in [0.3, 0.4) is 0 Å². The number of amides is 3. The Hall–Kier alpha value is -4.71. The molecule has 3 saturated heterocycles. The fraction of sp³-hybridized carbons (Fsp3) is 0.412. The second-order valence-corrected chi connectivity index (χ2v) is 13.6. The summed E-state index contributed by atoms with van der Waals surface area (Å²) < 4.78 is 1.85. The number of nitrogens with one attached hydrogen (secondary N) is 2. The van der Waals surface area contributed by atoms with E-state index in [1.807, 2.05) is 29.9 Å². The average Bonchev–Trinajstić information content (AvgIpc) is 3.63. The molecule has 47 heavy (non-hydrogen) atoms. The predicted octanol–water partition coefficient (Wildman–Crippen LogP) is 4.44. The minimum absolute atomic E-state index is 0.0811. The minimum Gasteiger partial charge on any atom is -0.365 e. The van der Waals surface area contributed by atoms with E-state index in [1.165, 1.54) is 5.69 Å². The largest absolute Gasteiger partial charge is 0.365 e. The molecule has 0 spiro atoms. The summed E-state index contributed by atoms with van der Waals surface area (Å²) in [5.41, 5.74) is 5.61. The third-order valence-electron chi connectivity index (χ3n) is 10.5. The Morgan fingerprint density at radius 3 is 2.57 bits per heavy atom. The summed E-state index contributed by atoms with van der Waals surface area (Å²) in [5, 5.41) is 11.9. The molecule has 0 radical (unpaired) electrons. The van der Waals surface area contributed by atoms with Crippen molar-refractivity contribution in [2.45, 2.75) is 69.0 Å². The molecular formula is C34H36ClN9O3. The van der Waals surface area contributed by atoms with Gasteiger partial charge in [-0.15, -0.1) is 0 Å². The minimum atomic E-state index is -0.420. The number of fused-ring (bicyclic) bond motifs is 4. The van der Waals surface area contributed by atoms with Crippen LogP contribution in [0.2, 0.25) is 5.02 Å². The third-order valence-corrected chi connectivity index (χ3v) is 10.7. The Morgan fingerprint density at radius 2 is 1.81 bits per heavy atom. The van der Waals surface area contributed by atoms with Gasteiger partial charge in [-0.2, -0.15) is 10.1 Å². The van der Waals surface area contributed by atoms with Crippen molar-refractivity contribution < 1.29 is 14.4 Å². The van der Waals surface area contributed by atoms with Crippen LogP contribution in [0.5, 0.6) is 0 Å². The van der Waals surface area contributed by atoms with Crippen molar-refractivity contribution in [1.82, 2.24) is 25.1 Å². The zero-order chi connectivity index (χ0) is 32.6. The van der Waals surface area contributed by atoms with Crippen LogP contribution in [-0.4, -0.2) is 69.7 Å². The molecule has 13 heteroatoms. The standard InChI is InChI=1S/C34H36ClN9O3/c1-41(34-36-17-26(35)32(39-34)37-19-4-10-27-18(12-19)13-30(46)42(27)2)23-14-20-5-6-21(15-23)44(20)22-7-8-24-28(16-22)43(3)40-31(24)25-9-11-29(45)38-33(25)47/h4,7-8,10,12,16-17,20-21,23,25H,5-6,9,11,13-15H2,1-3H3,(H,36,37,39)(H,38,45,47)/t20-,21+,23+,25?. The second-order valence-electron chi connectivity index (χ2n) is 13.2. The number of hydrogen-bond donors (Lipinski definition) is 2. The van der Waals surface area contributed by atoms with E-state index in [9.17, 15) is 14.4 Å². The van der Waals surface area contributed by atoms with E-state index in [-0.39, 0.29) is 23.8 Å². The van der Waals surface area contributed by atoms with E-state index in [4.69, 9.17) is 21.7 Å². The molecular weight excluding hydrogens is 618 g/mol. The zero-order valence-corrected chi connectivity index (χ0v) is 27.3. The van der Waals surface area contributed by atoms with Gasteiger partial charge in [0.1, 0.15) is 5.02 Å². The number of aryl methyl sites for hydroxylation is 1. The maximum absolute atomic E-state index is 12.6. The van der Waals surface area contributed by atoms with Gasteiger partial charge in [0.05, 0.1) is 29.7 Å². The molecule has 3 amide bonds. The van der Waals surface area contributed by atoms with Crippen molar-refractivity contribution in [3.05, 3.63) is 58.9 Å². The van der Waals surface area contributed by atoms with Crippen LogP contribution in [0.25, 0.3) is 10.9 Å². The third kappa shape index (κ3) is 5.06. The maximum atomic E-state index is 12.6. The lowest BCUT2D eigenvalue weighted by Gasteiger charge is -2.43. The highest BCUT2D eigenvalue weighted by atomic mass is 35.5. The lowest BCUT2D eigenvalue weighted by Crippen LogP contribution is -2.50. The summed E-state index contributed by atoms with van der Waals surface area (Å²) in [7, 11) is 5.76. The first kappa shape index (κ1) is 29.7. The highest BCUT2D eigenvalue weighted by Crippen LogP contribution is 2.43. The number of imide groups is 1. The van der Waals surface area contributed by atoms with Crippen molar-refractivity contribution in [3.8, 4) is 0 Å². The molecule has 4 aliphatic heterocycles. The first-order valence-corrected chi connectivity index (χ1v) is 16.5. The van der Waals surface area contributed by atoms with Crippen molar-refractivity contribution >= 4 is 69.1 Å². The van der Waals surface area contributed by atoms with Crippen molar-refractivity contribution in [3.63, 3.8) is 0 Å². The first-order chi connectivity index (χ1) is 22.6. The van der Waals surface area contributed by atoms with Gasteiger partial charge in [0.25, 0.3) is 0 Å². The van der Waals surface area contributed by atoms with Crippen LogP contribution < -0.4 is 25.3 Å². The highest BCUT2D eigenvalue weighted by Gasteiger charge is 2.43. The highest BCUT2D eigenvalue weighted by molar-refractivity contribution is 6.33. The first-order valence-electron chi connectivity index (χ1n) is 16.1. The van der Waals surface area contributed by atoms with Gasteiger partial charge in [0.15, 0.2) is 5.82 Å². The summed E-state index contributed by atoms with van der Waals surface area (Å²) >= 11 is 6.54. The van der Waals surface area contributed by atoms with Crippen molar-refractivity contribution in [2.24, 2.45) is 7.05 Å². The predicted molar refractivity (Wildman–Crippen MR) is 180 cm³/mol. The van der Waals surface area contributed by atoms with Crippen LogP contribution in [0.1, 0.15) is 55.7 Å². The SMILES string of the molecule is CN1C(=O)Cc2cc(Nc3nc(N(C)[C@H]4C[C@H]5CC[C@@H](C4)N5c4ccc5c(C6CCC(=O)NC6=O)nn(C)c5c4)ncc3Cl)ccc21. The molecule has 2 aromatic heterocycles. The van der Waals surface area contributed by atoms with Gasteiger partial charge in [-0.3, -0.25) is 24.4 Å². The molecule has 2 bridgehead atoms. The van der Waals surface area contributed by atoms with Crippen molar-refractivity contribution in [2.75, 3.05) is 34.1 Å². The summed E-state index contributed by atoms with van der Waals surface area (Å²) in [6, 6.07) is 13.3. The summed E-state index contributed by atoms with van der Waals surface area (Å²) in [6.07, 6.45) is 7.00. The molecule has 0 aliphatic carbocycles. The molecule has 0 saturated carbocycles. The normalized spacial score (nSPS) is 23.8. The Bertz CT molecular complexity index is 1950. The van der Waals surface area contributed by atoms with Gasteiger partial charge in [-0.1, -0.05) is 11.6 Å². The molecule has 1 unspecified atom stereocenters. The molecule has 2 N–H and O–H groups in total. The number of anilines is 5. The number of benzene rings is 2. The van der Waals surface area contributed by atoms with E-state index in [2.05, 4.69) is 50.7 Å². The Labute approximate surface area is 277 Å². The van der Waals surface area contributed by atoms with Crippen LogP contribution in [-0.2, 0) is 27.9 Å². The molecule has 4 aromatic rings. The Kier molecular flexibility index (Phi) is 7.08. The van der Waals surface area contributed by atoms with Gasteiger partial charge in [0.2, 0.25) is 23.7 Å². The molecule has 4 aliphatic rings. The van der Waals surface area contributed by atoms with Crippen LogP contribution in [0.15, 0.2) is 42.6 Å². The lowest BCUT2D eigenvalue weighted by molar-refractivity contribution is -0.134. The zero-order valence-electron chi connectivity index (χ0n) is 26.5. The Morgan fingerprint density at radius 1 is 1.02 bits per heavy atom. The summed E-state index contributed by atoms with van der Waals surface area (Å²) in [6.45, 7) is 0. The maximum Gasteiger partial charge on any atom is 0.235 e. The summed E-state index contributed by atoms with van der Waals surface area (Å²) in [5.74, 6) is 0.317. The van der Waals surface area contributed by atoms with Gasteiger partial charge in [0, 0.05) is 68.1 Å². The quantitative estimate of drug-likeness (QED) is 0.290. The van der Waals surface area contributed by atoms with Crippen molar-refractivity contribution in [1.29, 1.82) is 0 Å². The van der Waals surface area contributed by atoms with Crippen LogP contribution >= 0.6 is 11.6 Å². The van der Waals surface area contributed by atoms with Gasteiger partial charge in [-0.05, 0) is 74.1 Å². The topological polar surface area (TPSA) is 129 Å². The van der Waals surface area contributed by atoms with Crippen LogP contribution in [0.4, 0.5) is 28.8 Å². The molecule has 8 rings (SSSR count). The lowest BCUT2D eigenvalue weighted by atomic mass is 9.92. The number of aromatic nitrogens is 4. The molecule has 4 atom stereocenters. The number of piperidine rings is 2. The monoisotopic (exact) mass is 653 g/mol. The number of halogens is 1. The fourth-order valence-electron chi connectivity index (χ4n) is 8.00. The van der Waals surface area contributed by atoms with Gasteiger partial charge >= 0.3 is 0 Å². The van der Waals surface area contributed by atoms with E-state index < -0.39 is 5.92 Å². The van der Waals surface area contributed by atoms with Gasteiger partial charge < -0.3 is 20.0 Å². The Balaban J connectivity index is 0.991. The molecule has 242 valence electrons. The van der Waals surface area contributed by atoms with E-state index in [0.29, 0.717) is 48.1 Å². The second kappa shape index (κ2) is 11.2. The van der Waals surface area contributed by atoms with E-state index in [0.717, 1.165) is 59.2 Å². The van der Waals surface area contributed by atoms with Crippen LogP contribution in [0, 0.1) is 0 Å². The smallest absolute Gasteiger partial charge is 0.235 e. The number of carbonyl (C=O) groups is 3. The fourth-order valence-corrected chi connectivity index (χ4v) is 8.13. The number of rotatable bonds is 6. The average molecular weight is 654 g/mol. The van der Waals surface area contributed by atoms with E-state index >= 15 is 0 Å². The molecule has 3 fully saturated rings. The molecule has 12 nitrogen and oxygen atoms in total. The number of carbonyl (C=O) groups excluding carboxylic acids is 3. The number of hydrogen-bond acceptors (Lipinski definition) is 9. The molecule has 6 heterocycles. The summed E-state index contributed by atoms with van der Waals surface area (Å²) in [4.78, 5) is 52.3. The van der Waals surface area contributed by atoms with E-state index in [1.54, 1.807) is 18.1 Å².